The van der Waals surface area contributed by atoms with Gasteiger partial charge in [0.1, 0.15) is 0 Å². The monoisotopic (exact) mass is 451 g/mol. The molecule has 2 aromatic carbocycles. The second-order valence-corrected chi connectivity index (χ2v) is 10.1. The number of likely N-dealkylation sites (tertiary alicyclic amines) is 1. The van der Waals surface area contributed by atoms with Gasteiger partial charge in [-0.1, -0.05) is 36.4 Å². The Morgan fingerprint density at radius 3 is 2.67 bits per heavy atom. The molecule has 0 N–H and O–H groups in total. The number of nitrogens with zero attached hydrogens (tertiary/aromatic N) is 1. The minimum atomic E-state index is -1.13. The van der Waals surface area contributed by atoms with Crippen LogP contribution in [-0.2, 0) is 21.4 Å². The van der Waals surface area contributed by atoms with Gasteiger partial charge in [0.05, 0.1) is 11.0 Å². The minimum absolute atomic E-state index is 0.0535. The van der Waals surface area contributed by atoms with Crippen molar-refractivity contribution >= 4 is 5.78 Å². The molecular weight excluding hydrogens is 417 g/mol. The second-order valence-electron chi connectivity index (χ2n) is 10.1. The first-order chi connectivity index (χ1) is 15.8. The lowest BCUT2D eigenvalue weighted by Gasteiger charge is -2.64. The van der Waals surface area contributed by atoms with Gasteiger partial charge in [-0.15, -0.1) is 0 Å². The maximum absolute atomic E-state index is 15.1. The summed E-state index contributed by atoms with van der Waals surface area (Å²) in [7, 11) is 0. The molecule has 2 aliphatic heterocycles. The first-order valence-corrected chi connectivity index (χ1v) is 12.2. The van der Waals surface area contributed by atoms with E-state index in [-0.39, 0.29) is 17.6 Å². The van der Waals surface area contributed by atoms with Crippen molar-refractivity contribution in [2.45, 2.75) is 76.0 Å². The number of fused-ring (bicyclic) bond motifs is 1. The van der Waals surface area contributed by atoms with Crippen LogP contribution in [0.2, 0.25) is 0 Å². The van der Waals surface area contributed by atoms with E-state index in [4.69, 9.17) is 9.47 Å². The molecule has 5 heteroatoms. The van der Waals surface area contributed by atoms with E-state index in [0.717, 1.165) is 30.6 Å². The van der Waals surface area contributed by atoms with Crippen molar-refractivity contribution in [3.8, 4) is 5.75 Å². The average molecular weight is 452 g/mol. The van der Waals surface area contributed by atoms with Crippen molar-refractivity contribution in [1.82, 2.24) is 4.90 Å². The average Bonchev–Trinajstić information content (AvgIpc) is 3.10. The van der Waals surface area contributed by atoms with E-state index >= 15 is 4.39 Å². The highest BCUT2D eigenvalue weighted by Crippen LogP contribution is 2.66. The molecule has 2 heterocycles. The summed E-state index contributed by atoms with van der Waals surface area (Å²) in [6.45, 7) is 10.4. The van der Waals surface area contributed by atoms with Crippen LogP contribution >= 0.6 is 0 Å². The summed E-state index contributed by atoms with van der Waals surface area (Å²) in [5, 5.41) is 0. The van der Waals surface area contributed by atoms with Crippen LogP contribution in [-0.4, -0.2) is 47.6 Å². The number of benzene rings is 2. The Labute approximate surface area is 196 Å². The fraction of sp³-hybridized carbons (Fsp3) is 0.536. The van der Waals surface area contributed by atoms with E-state index in [1.165, 1.54) is 11.6 Å². The molecular formula is C28H34FNO3. The van der Waals surface area contributed by atoms with Crippen molar-refractivity contribution in [2.24, 2.45) is 0 Å². The molecule has 2 aromatic rings. The third-order valence-electron chi connectivity index (χ3n) is 8.77. The highest BCUT2D eigenvalue weighted by molar-refractivity contribution is 5.93. The Kier molecular flexibility index (Phi) is 5.41. The number of ether oxygens (including phenoxy) is 2. The highest BCUT2D eigenvalue weighted by Gasteiger charge is 2.76. The maximum Gasteiger partial charge on any atom is 0.177 e. The van der Waals surface area contributed by atoms with Gasteiger partial charge >= 0.3 is 0 Å². The lowest BCUT2D eigenvalue weighted by atomic mass is 9.48. The molecule has 1 saturated carbocycles. The van der Waals surface area contributed by atoms with Gasteiger partial charge < -0.3 is 9.47 Å². The summed E-state index contributed by atoms with van der Waals surface area (Å²) in [5.41, 5.74) is 0.653. The topological polar surface area (TPSA) is 38.8 Å². The molecule has 0 radical (unpaired) electrons. The number of ketones is 1. The summed E-state index contributed by atoms with van der Waals surface area (Å²) >= 11 is 0. The molecule has 1 aliphatic carbocycles. The lowest BCUT2D eigenvalue weighted by molar-refractivity contribution is -0.222. The van der Waals surface area contributed by atoms with Crippen molar-refractivity contribution in [3.63, 3.8) is 0 Å². The van der Waals surface area contributed by atoms with E-state index in [1.54, 1.807) is 0 Å². The molecule has 5 rings (SSSR count). The SMILES string of the molecule is CCOC12CCC(=O)C3(C)Oc4c(F)ccc(C)c4C31CCN(CCc1ccccc1)C2C. The number of hydrogen-bond acceptors (Lipinski definition) is 4. The van der Waals surface area contributed by atoms with E-state index in [9.17, 15) is 4.79 Å². The highest BCUT2D eigenvalue weighted by atomic mass is 19.1. The standard InChI is InChI=1S/C28H34FNO3/c1-5-32-28-15-13-23(31)26(4)27(28,24-19(2)11-12-22(29)25(24)33-26)16-18-30(20(28)3)17-14-21-9-7-6-8-10-21/h6-12,20H,5,13-18H2,1-4H3. The summed E-state index contributed by atoms with van der Waals surface area (Å²) in [4.78, 5) is 16.0. The van der Waals surface area contributed by atoms with Crippen molar-refractivity contribution in [3.05, 3.63) is 65.0 Å². The molecule has 33 heavy (non-hydrogen) atoms. The van der Waals surface area contributed by atoms with Crippen LogP contribution in [0.3, 0.4) is 0 Å². The molecule has 4 nitrogen and oxygen atoms in total. The predicted octanol–water partition coefficient (Wildman–Crippen LogP) is 5.00. The molecule has 0 aromatic heterocycles. The fourth-order valence-electron chi connectivity index (χ4n) is 7.21. The van der Waals surface area contributed by atoms with Crippen LogP contribution in [0.1, 0.15) is 56.7 Å². The van der Waals surface area contributed by atoms with E-state index in [0.29, 0.717) is 25.9 Å². The molecule has 0 amide bonds. The normalized spacial score (nSPS) is 33.2. The summed E-state index contributed by atoms with van der Waals surface area (Å²) in [6, 6.07) is 13.9. The first-order valence-electron chi connectivity index (χ1n) is 12.2. The van der Waals surface area contributed by atoms with Crippen molar-refractivity contribution in [2.75, 3.05) is 19.7 Å². The number of piperidine rings is 1. The van der Waals surface area contributed by atoms with Gasteiger partial charge in [0.15, 0.2) is 23.0 Å². The molecule has 176 valence electrons. The summed E-state index contributed by atoms with van der Waals surface area (Å²) in [6.07, 6.45) is 2.66. The third-order valence-corrected chi connectivity index (χ3v) is 8.77. The number of aryl methyl sites for hydroxylation is 1. The van der Waals surface area contributed by atoms with Crippen molar-refractivity contribution < 1.29 is 18.7 Å². The largest absolute Gasteiger partial charge is 0.475 e. The summed E-state index contributed by atoms with van der Waals surface area (Å²) in [5.74, 6) is -0.0857. The quantitative estimate of drug-likeness (QED) is 0.642. The van der Waals surface area contributed by atoms with E-state index < -0.39 is 22.4 Å². The summed E-state index contributed by atoms with van der Waals surface area (Å²) < 4.78 is 28.2. The lowest BCUT2D eigenvalue weighted by Crippen LogP contribution is -2.78. The van der Waals surface area contributed by atoms with Gasteiger partial charge in [-0.2, -0.15) is 0 Å². The number of rotatable bonds is 5. The number of halogens is 1. The van der Waals surface area contributed by atoms with Crippen LogP contribution < -0.4 is 4.74 Å². The molecule has 3 aliphatic rings. The van der Waals surface area contributed by atoms with Crippen LogP contribution in [0.25, 0.3) is 0 Å². The third kappa shape index (κ3) is 2.91. The molecule has 1 spiro atoms. The zero-order chi connectivity index (χ0) is 23.4. The van der Waals surface area contributed by atoms with Gasteiger partial charge in [-0.25, -0.2) is 4.39 Å². The van der Waals surface area contributed by atoms with Crippen molar-refractivity contribution in [1.29, 1.82) is 0 Å². The molecule has 0 bridgehead atoms. The van der Waals surface area contributed by atoms with Gasteiger partial charge in [0, 0.05) is 31.2 Å². The first kappa shape index (κ1) is 22.5. The number of hydrogen-bond donors (Lipinski definition) is 0. The van der Waals surface area contributed by atoms with Crippen LogP contribution in [0.4, 0.5) is 4.39 Å². The van der Waals surface area contributed by atoms with Crippen LogP contribution in [0.15, 0.2) is 42.5 Å². The Morgan fingerprint density at radius 1 is 1.18 bits per heavy atom. The molecule has 4 unspecified atom stereocenters. The Morgan fingerprint density at radius 2 is 1.94 bits per heavy atom. The van der Waals surface area contributed by atoms with Gasteiger partial charge in [0.25, 0.3) is 0 Å². The zero-order valence-corrected chi connectivity index (χ0v) is 20.1. The number of Topliss-reactive ketones (excluding diaryl/α,β-unsaturated/α-hetero) is 1. The minimum Gasteiger partial charge on any atom is -0.475 e. The van der Waals surface area contributed by atoms with Gasteiger partial charge in [-0.3, -0.25) is 9.69 Å². The number of carbonyl (C=O) groups excluding carboxylic acids is 1. The Balaban J connectivity index is 1.62. The number of carbonyl (C=O) groups is 1. The molecule has 2 fully saturated rings. The van der Waals surface area contributed by atoms with Gasteiger partial charge in [-0.05, 0) is 70.7 Å². The maximum atomic E-state index is 15.1. The Hall–Kier alpha value is -2.24. The second kappa shape index (κ2) is 7.92. The molecule has 1 saturated heterocycles. The fourth-order valence-corrected chi connectivity index (χ4v) is 7.21. The van der Waals surface area contributed by atoms with Crippen LogP contribution in [0.5, 0.6) is 5.75 Å². The predicted molar refractivity (Wildman–Crippen MR) is 126 cm³/mol. The molecule has 4 atom stereocenters. The zero-order valence-electron chi connectivity index (χ0n) is 20.1. The van der Waals surface area contributed by atoms with E-state index in [2.05, 4.69) is 36.1 Å². The Bertz CT molecular complexity index is 1070. The van der Waals surface area contributed by atoms with E-state index in [1.807, 2.05) is 32.9 Å². The van der Waals surface area contributed by atoms with Gasteiger partial charge in [0.2, 0.25) is 0 Å². The van der Waals surface area contributed by atoms with Crippen LogP contribution in [0, 0.1) is 12.7 Å². The smallest absolute Gasteiger partial charge is 0.177 e.